The molecule has 1 rings (SSSR count). The molecule has 0 amide bonds. The topological polar surface area (TPSA) is 26.3 Å². The Morgan fingerprint density at radius 2 is 1.87 bits per heavy atom. The molecule has 0 fully saturated rings. The smallest absolute Gasteiger partial charge is 0.201 e. The van der Waals surface area contributed by atoms with E-state index in [0.29, 0.717) is 0 Å². The predicted octanol–water partition coefficient (Wildman–Crippen LogP) is 2.95. The molecule has 0 bridgehead atoms. The average Bonchev–Trinajstić information content (AvgIpc) is 2.12. The Morgan fingerprint density at radius 3 is 2.33 bits per heavy atom. The number of ether oxygens (including phenoxy) is 1. The highest BCUT2D eigenvalue weighted by atomic mass is 19.2. The second kappa shape index (κ2) is 4.38. The quantitative estimate of drug-likeness (QED) is 0.723. The van der Waals surface area contributed by atoms with Crippen LogP contribution in [0.4, 0.5) is 8.78 Å². The van der Waals surface area contributed by atoms with Gasteiger partial charge in [-0.15, -0.1) is 0 Å². The zero-order chi connectivity index (χ0) is 11.6. The van der Waals surface area contributed by atoms with Crippen LogP contribution in [-0.4, -0.2) is 11.9 Å². The van der Waals surface area contributed by atoms with E-state index in [2.05, 4.69) is 0 Å². The molecule has 0 radical (unpaired) electrons. The summed E-state index contributed by atoms with van der Waals surface area (Å²) in [5, 5.41) is 0. The lowest BCUT2D eigenvalue weighted by molar-refractivity contribution is 0.101. The van der Waals surface area contributed by atoms with Gasteiger partial charge in [-0.25, -0.2) is 4.39 Å². The Balaban J connectivity index is 3.15. The van der Waals surface area contributed by atoms with E-state index in [1.54, 1.807) is 13.8 Å². The first-order valence-electron chi connectivity index (χ1n) is 4.59. The molecule has 15 heavy (non-hydrogen) atoms. The standard InChI is InChI=1S/C11H12F2O2/c1-6(2)15-9-5-4-8(7(3)14)10(12)11(9)13/h4-6H,1-3H3. The lowest BCUT2D eigenvalue weighted by atomic mass is 10.1. The van der Waals surface area contributed by atoms with Crippen molar-refractivity contribution in [1.82, 2.24) is 0 Å². The molecule has 1 aromatic carbocycles. The molecule has 0 unspecified atom stereocenters. The Kier molecular flexibility index (Phi) is 3.39. The van der Waals surface area contributed by atoms with Crippen molar-refractivity contribution in [3.63, 3.8) is 0 Å². The van der Waals surface area contributed by atoms with Crippen LogP contribution in [0.15, 0.2) is 12.1 Å². The summed E-state index contributed by atoms with van der Waals surface area (Å²) in [4.78, 5) is 10.9. The van der Waals surface area contributed by atoms with Crippen LogP contribution in [0.2, 0.25) is 0 Å². The van der Waals surface area contributed by atoms with E-state index in [9.17, 15) is 13.6 Å². The number of benzene rings is 1. The normalized spacial score (nSPS) is 10.5. The third-order valence-corrected chi connectivity index (χ3v) is 1.79. The first kappa shape index (κ1) is 11.6. The molecule has 0 heterocycles. The van der Waals surface area contributed by atoms with Crippen molar-refractivity contribution in [2.45, 2.75) is 26.9 Å². The maximum atomic E-state index is 13.3. The van der Waals surface area contributed by atoms with Crippen LogP contribution in [0, 0.1) is 11.6 Å². The van der Waals surface area contributed by atoms with Gasteiger partial charge in [-0.1, -0.05) is 0 Å². The van der Waals surface area contributed by atoms with Gasteiger partial charge in [-0.3, -0.25) is 4.79 Å². The van der Waals surface area contributed by atoms with Gasteiger partial charge >= 0.3 is 0 Å². The molecule has 0 saturated carbocycles. The molecule has 0 aliphatic carbocycles. The molecule has 0 spiro atoms. The third-order valence-electron chi connectivity index (χ3n) is 1.79. The van der Waals surface area contributed by atoms with Gasteiger partial charge in [0.1, 0.15) is 0 Å². The van der Waals surface area contributed by atoms with Gasteiger partial charge in [-0.2, -0.15) is 4.39 Å². The number of hydrogen-bond donors (Lipinski definition) is 0. The van der Waals surface area contributed by atoms with E-state index in [1.807, 2.05) is 0 Å². The fourth-order valence-corrected chi connectivity index (χ4v) is 1.15. The van der Waals surface area contributed by atoms with Crippen LogP contribution >= 0.6 is 0 Å². The van der Waals surface area contributed by atoms with E-state index in [1.165, 1.54) is 19.1 Å². The molecule has 0 N–H and O–H groups in total. The summed E-state index contributed by atoms with van der Waals surface area (Å²) in [6, 6.07) is 2.48. The molecule has 1 aromatic rings. The minimum absolute atomic E-state index is 0.174. The third kappa shape index (κ3) is 2.52. The molecule has 0 atom stereocenters. The molecule has 2 nitrogen and oxygen atoms in total. The van der Waals surface area contributed by atoms with Crippen molar-refractivity contribution in [1.29, 1.82) is 0 Å². The van der Waals surface area contributed by atoms with Gasteiger partial charge < -0.3 is 4.74 Å². The summed E-state index contributed by atoms with van der Waals surface area (Å²) in [7, 11) is 0. The minimum atomic E-state index is -1.15. The predicted molar refractivity (Wildman–Crippen MR) is 52.1 cm³/mol. The van der Waals surface area contributed by atoms with Crippen LogP contribution in [-0.2, 0) is 0 Å². The largest absolute Gasteiger partial charge is 0.488 e. The van der Waals surface area contributed by atoms with Crippen LogP contribution in [0.25, 0.3) is 0 Å². The molecule has 0 saturated heterocycles. The average molecular weight is 214 g/mol. The van der Waals surface area contributed by atoms with Gasteiger partial charge in [0, 0.05) is 0 Å². The van der Waals surface area contributed by atoms with Gasteiger partial charge in [0.15, 0.2) is 17.3 Å². The molecule has 82 valence electrons. The van der Waals surface area contributed by atoms with Gasteiger partial charge in [0.05, 0.1) is 11.7 Å². The van der Waals surface area contributed by atoms with Crippen molar-refractivity contribution in [2.75, 3.05) is 0 Å². The van der Waals surface area contributed by atoms with Gasteiger partial charge in [-0.05, 0) is 32.9 Å². The number of hydrogen-bond acceptors (Lipinski definition) is 2. The van der Waals surface area contributed by atoms with Crippen LogP contribution < -0.4 is 4.74 Å². The zero-order valence-electron chi connectivity index (χ0n) is 8.80. The highest BCUT2D eigenvalue weighted by Crippen LogP contribution is 2.23. The molecular weight excluding hydrogens is 202 g/mol. The second-order valence-corrected chi connectivity index (χ2v) is 3.46. The summed E-state index contributed by atoms with van der Waals surface area (Å²) in [6.07, 6.45) is -0.248. The number of Topliss-reactive ketones (excluding diaryl/α,β-unsaturated/α-hetero) is 1. The fraction of sp³-hybridized carbons (Fsp3) is 0.364. The summed E-state index contributed by atoms with van der Waals surface area (Å²) in [5.41, 5.74) is -0.261. The van der Waals surface area contributed by atoms with Crippen molar-refractivity contribution in [3.05, 3.63) is 29.3 Å². The first-order valence-corrected chi connectivity index (χ1v) is 4.59. The van der Waals surface area contributed by atoms with Crippen molar-refractivity contribution in [2.24, 2.45) is 0 Å². The SMILES string of the molecule is CC(=O)c1ccc(OC(C)C)c(F)c1F. The number of carbonyl (C=O) groups excluding carboxylic acids is 1. The van der Waals surface area contributed by atoms with E-state index in [0.717, 1.165) is 0 Å². The first-order chi connectivity index (χ1) is 6.93. The minimum Gasteiger partial charge on any atom is -0.488 e. The van der Waals surface area contributed by atoms with Gasteiger partial charge in [0.2, 0.25) is 5.82 Å². The number of halogens is 2. The van der Waals surface area contributed by atoms with Crippen LogP contribution in [0.3, 0.4) is 0 Å². The molecular formula is C11H12F2O2. The summed E-state index contributed by atoms with van der Waals surface area (Å²) < 4.78 is 31.7. The number of ketones is 1. The molecule has 0 aliphatic heterocycles. The Bertz CT molecular complexity index is 386. The Hall–Kier alpha value is -1.45. The van der Waals surface area contributed by atoms with Crippen molar-refractivity contribution in [3.8, 4) is 5.75 Å². The monoisotopic (exact) mass is 214 g/mol. The number of rotatable bonds is 3. The fourth-order valence-electron chi connectivity index (χ4n) is 1.15. The van der Waals surface area contributed by atoms with Crippen molar-refractivity contribution >= 4 is 5.78 Å². The lowest BCUT2D eigenvalue weighted by Gasteiger charge is -2.11. The number of carbonyl (C=O) groups is 1. The summed E-state index contributed by atoms with van der Waals surface area (Å²) in [5.74, 6) is -2.95. The van der Waals surface area contributed by atoms with E-state index >= 15 is 0 Å². The Labute approximate surface area is 86.9 Å². The molecule has 0 aliphatic rings. The van der Waals surface area contributed by atoms with Crippen LogP contribution in [0.5, 0.6) is 5.75 Å². The maximum absolute atomic E-state index is 13.3. The molecule has 4 heteroatoms. The van der Waals surface area contributed by atoms with E-state index in [-0.39, 0.29) is 17.4 Å². The van der Waals surface area contributed by atoms with E-state index in [4.69, 9.17) is 4.74 Å². The highest BCUT2D eigenvalue weighted by molar-refractivity contribution is 5.94. The lowest BCUT2D eigenvalue weighted by Crippen LogP contribution is -2.09. The van der Waals surface area contributed by atoms with E-state index < -0.39 is 17.4 Å². The van der Waals surface area contributed by atoms with Crippen LogP contribution in [0.1, 0.15) is 31.1 Å². The Morgan fingerprint density at radius 1 is 1.27 bits per heavy atom. The summed E-state index contributed by atoms with van der Waals surface area (Å²) in [6.45, 7) is 4.59. The molecule has 0 aromatic heterocycles. The van der Waals surface area contributed by atoms with Gasteiger partial charge in [0.25, 0.3) is 0 Å². The second-order valence-electron chi connectivity index (χ2n) is 3.46. The zero-order valence-corrected chi connectivity index (χ0v) is 8.80. The summed E-state index contributed by atoms with van der Waals surface area (Å²) >= 11 is 0. The van der Waals surface area contributed by atoms with Crippen molar-refractivity contribution < 1.29 is 18.3 Å². The highest BCUT2D eigenvalue weighted by Gasteiger charge is 2.17. The maximum Gasteiger partial charge on any atom is 0.201 e.